The summed E-state index contributed by atoms with van der Waals surface area (Å²) in [7, 11) is 0. The van der Waals surface area contributed by atoms with Gasteiger partial charge in [-0.15, -0.1) is 0 Å². The molecular weight excluding hydrogens is 465 g/mol. The predicted molar refractivity (Wildman–Crippen MR) is 128 cm³/mol. The lowest BCUT2D eigenvalue weighted by atomic mass is 9.98. The number of likely N-dealkylation sites (tertiary alicyclic amines) is 1. The summed E-state index contributed by atoms with van der Waals surface area (Å²) in [6.45, 7) is 6.27. The number of thioether (sulfide) groups is 1. The van der Waals surface area contributed by atoms with Gasteiger partial charge in [0.15, 0.2) is 5.82 Å². The summed E-state index contributed by atoms with van der Waals surface area (Å²) in [4.78, 5) is 17.8. The van der Waals surface area contributed by atoms with Crippen LogP contribution in [-0.2, 0) is 11.3 Å². The highest BCUT2D eigenvalue weighted by atomic mass is 32.2. The first-order chi connectivity index (χ1) is 16.9. The summed E-state index contributed by atoms with van der Waals surface area (Å²) >= 11 is 1.32. The quantitative estimate of drug-likeness (QED) is 0.542. The molecule has 0 bridgehead atoms. The average Bonchev–Trinajstić information content (AvgIpc) is 3.25. The molecule has 2 fully saturated rings. The summed E-state index contributed by atoms with van der Waals surface area (Å²) in [5.41, 5.74) is 4.40. The molecule has 2 aliphatic heterocycles. The van der Waals surface area contributed by atoms with Gasteiger partial charge in [-0.25, -0.2) is 14.1 Å². The van der Waals surface area contributed by atoms with Gasteiger partial charge in [0.2, 0.25) is 5.91 Å². The van der Waals surface area contributed by atoms with Crippen molar-refractivity contribution in [2.75, 3.05) is 13.1 Å². The number of hydrogen-bond acceptors (Lipinski definition) is 6. The van der Waals surface area contributed by atoms with Crippen molar-refractivity contribution in [1.29, 1.82) is 5.26 Å². The maximum absolute atomic E-state index is 14.4. The molecule has 3 aliphatic rings. The van der Waals surface area contributed by atoms with Gasteiger partial charge in [-0.2, -0.15) is 15.5 Å². The van der Waals surface area contributed by atoms with Gasteiger partial charge in [0, 0.05) is 50.2 Å². The van der Waals surface area contributed by atoms with Crippen LogP contribution < -0.4 is 0 Å². The van der Waals surface area contributed by atoms with Crippen LogP contribution in [0.2, 0.25) is 0 Å². The van der Waals surface area contributed by atoms with Crippen molar-refractivity contribution in [1.82, 2.24) is 29.4 Å². The minimum Gasteiger partial charge on any atom is -0.342 e. The Bertz CT molecular complexity index is 1390. The molecular formula is C25H24FN7OS. The SMILES string of the molecule is CC(=O)N1C[C@@H]2C(Cn3ncc(C4=Cn5ncc(C#N)c5C(Sc5ncccc5F)C4)c3C)[C@@H]2C1. The zero-order chi connectivity index (χ0) is 24.3. The molecule has 0 aromatic carbocycles. The predicted octanol–water partition coefficient (Wildman–Crippen LogP) is 3.75. The Kier molecular flexibility index (Phi) is 5.25. The molecule has 0 N–H and O–H groups in total. The lowest BCUT2D eigenvalue weighted by Crippen LogP contribution is -2.29. The first kappa shape index (κ1) is 22.0. The van der Waals surface area contributed by atoms with E-state index in [1.807, 2.05) is 17.3 Å². The Morgan fingerprint density at radius 1 is 1.29 bits per heavy atom. The summed E-state index contributed by atoms with van der Waals surface area (Å²) < 4.78 is 18.2. The van der Waals surface area contributed by atoms with Gasteiger partial charge in [-0.05, 0) is 48.8 Å². The van der Waals surface area contributed by atoms with Crippen LogP contribution in [0.3, 0.4) is 0 Å². The molecule has 1 saturated carbocycles. The number of hydrogen-bond donors (Lipinski definition) is 0. The monoisotopic (exact) mass is 489 g/mol. The lowest BCUT2D eigenvalue weighted by molar-refractivity contribution is -0.128. The average molecular weight is 490 g/mol. The smallest absolute Gasteiger partial charge is 0.219 e. The van der Waals surface area contributed by atoms with Gasteiger partial charge < -0.3 is 4.90 Å². The van der Waals surface area contributed by atoms with Crippen LogP contribution in [0.1, 0.15) is 41.1 Å². The zero-order valence-corrected chi connectivity index (χ0v) is 20.2. The van der Waals surface area contributed by atoms with Gasteiger partial charge in [-0.1, -0.05) is 11.8 Å². The molecule has 1 aliphatic carbocycles. The van der Waals surface area contributed by atoms with E-state index in [2.05, 4.69) is 32.9 Å². The third-order valence-corrected chi connectivity index (χ3v) is 8.77. The lowest BCUT2D eigenvalue weighted by Gasteiger charge is -2.24. The van der Waals surface area contributed by atoms with Gasteiger partial charge >= 0.3 is 0 Å². The second-order valence-corrected chi connectivity index (χ2v) is 10.7. The topological polar surface area (TPSA) is 92.6 Å². The van der Waals surface area contributed by atoms with Crippen LogP contribution in [0.4, 0.5) is 4.39 Å². The summed E-state index contributed by atoms with van der Waals surface area (Å²) in [6, 6.07) is 5.18. The van der Waals surface area contributed by atoms with Crippen LogP contribution in [-0.4, -0.2) is 48.4 Å². The minimum atomic E-state index is -0.375. The number of pyridine rings is 1. The number of fused-ring (bicyclic) bond motifs is 2. The standard InChI is InChI=1S/C25H24FN7OS/c1-14-18(9-30-32(14)13-21-19-11-31(15(2)34)12-20(19)21)16-6-23(35-25-22(26)4-3-5-28-25)24-17(7-27)8-29-33(24)10-16/h3-5,8-10,19-21,23H,6,11-13H2,1-2H3/t19-,20+,21?,23?. The van der Waals surface area contributed by atoms with Crippen molar-refractivity contribution >= 4 is 29.4 Å². The Balaban J connectivity index is 1.25. The molecule has 2 unspecified atom stereocenters. The molecule has 0 radical (unpaired) electrons. The summed E-state index contributed by atoms with van der Waals surface area (Å²) in [5.74, 6) is 1.49. The van der Waals surface area contributed by atoms with Crippen molar-refractivity contribution in [3.63, 3.8) is 0 Å². The molecule has 0 spiro atoms. The second kappa shape index (κ2) is 8.34. The van der Waals surface area contributed by atoms with Crippen LogP contribution in [0.5, 0.6) is 0 Å². The Morgan fingerprint density at radius 3 is 2.80 bits per heavy atom. The Hall–Kier alpha value is -3.45. The fraction of sp³-hybridized carbons (Fsp3) is 0.400. The first-order valence-corrected chi connectivity index (χ1v) is 12.6. The van der Waals surface area contributed by atoms with E-state index < -0.39 is 0 Å². The van der Waals surface area contributed by atoms with Crippen molar-refractivity contribution < 1.29 is 9.18 Å². The fourth-order valence-corrected chi connectivity index (χ4v) is 6.75. The van der Waals surface area contributed by atoms with Crippen LogP contribution >= 0.6 is 11.8 Å². The number of nitriles is 1. The molecule has 35 heavy (non-hydrogen) atoms. The number of carbonyl (C=O) groups is 1. The maximum atomic E-state index is 14.4. The molecule has 3 aromatic heterocycles. The van der Waals surface area contributed by atoms with Crippen molar-refractivity contribution in [3.05, 3.63) is 59.1 Å². The summed E-state index contributed by atoms with van der Waals surface area (Å²) in [6.07, 6.45) is 7.58. The number of nitrogens with zero attached hydrogens (tertiary/aromatic N) is 7. The van der Waals surface area contributed by atoms with Crippen molar-refractivity contribution in [2.45, 2.75) is 37.1 Å². The third kappa shape index (κ3) is 3.74. The molecule has 8 nitrogen and oxygen atoms in total. The normalized spacial score (nSPS) is 24.5. The number of amides is 1. The number of halogens is 1. The number of piperidine rings is 1. The van der Waals surface area contributed by atoms with E-state index in [9.17, 15) is 14.4 Å². The molecule has 4 atom stereocenters. The van der Waals surface area contributed by atoms with Crippen LogP contribution in [0, 0.1) is 41.8 Å². The molecule has 3 aromatic rings. The molecule has 1 saturated heterocycles. The molecule has 10 heteroatoms. The van der Waals surface area contributed by atoms with Gasteiger partial charge in [-0.3, -0.25) is 9.48 Å². The van der Waals surface area contributed by atoms with Crippen LogP contribution in [0.15, 0.2) is 35.7 Å². The van der Waals surface area contributed by atoms with E-state index in [1.54, 1.807) is 30.1 Å². The molecule has 5 heterocycles. The maximum Gasteiger partial charge on any atom is 0.219 e. The largest absolute Gasteiger partial charge is 0.342 e. The minimum absolute atomic E-state index is 0.160. The summed E-state index contributed by atoms with van der Waals surface area (Å²) in [5, 5.41) is 18.8. The number of aromatic nitrogens is 5. The zero-order valence-electron chi connectivity index (χ0n) is 19.4. The highest BCUT2D eigenvalue weighted by Crippen LogP contribution is 2.53. The molecule has 6 rings (SSSR count). The fourth-order valence-electron chi connectivity index (χ4n) is 5.57. The molecule has 178 valence electrons. The van der Waals surface area contributed by atoms with E-state index in [1.165, 1.54) is 17.8 Å². The van der Waals surface area contributed by atoms with Gasteiger partial charge in [0.25, 0.3) is 0 Å². The number of allylic oxidation sites excluding steroid dienone is 1. The van der Waals surface area contributed by atoms with E-state index in [4.69, 9.17) is 0 Å². The Labute approximate surface area is 206 Å². The third-order valence-electron chi connectivity index (χ3n) is 7.57. The highest BCUT2D eigenvalue weighted by molar-refractivity contribution is 7.99. The Morgan fingerprint density at radius 2 is 2.09 bits per heavy atom. The second-order valence-electron chi connectivity index (χ2n) is 9.50. The first-order valence-electron chi connectivity index (χ1n) is 11.7. The van der Waals surface area contributed by atoms with Crippen molar-refractivity contribution in [2.24, 2.45) is 17.8 Å². The van der Waals surface area contributed by atoms with Gasteiger partial charge in [0.05, 0.1) is 28.9 Å². The number of carbonyl (C=O) groups excluding carboxylic acids is 1. The van der Waals surface area contributed by atoms with E-state index in [0.717, 1.165) is 42.2 Å². The van der Waals surface area contributed by atoms with Crippen LogP contribution in [0.25, 0.3) is 11.8 Å². The highest BCUT2D eigenvalue weighted by Gasteiger charge is 2.56. The van der Waals surface area contributed by atoms with E-state index in [0.29, 0.717) is 34.8 Å². The van der Waals surface area contributed by atoms with Crippen molar-refractivity contribution in [3.8, 4) is 6.07 Å². The van der Waals surface area contributed by atoms with E-state index in [-0.39, 0.29) is 17.0 Å². The molecule has 1 amide bonds. The van der Waals surface area contributed by atoms with Gasteiger partial charge in [0.1, 0.15) is 11.1 Å². The van der Waals surface area contributed by atoms with E-state index >= 15 is 0 Å². The number of rotatable bonds is 5.